The summed E-state index contributed by atoms with van der Waals surface area (Å²) in [5, 5.41) is 5.59. The third kappa shape index (κ3) is 6.46. The average molecular weight is 433 g/mol. The molecular weight excluding hydrogens is 404 g/mol. The highest BCUT2D eigenvalue weighted by atomic mass is 32.2. The summed E-state index contributed by atoms with van der Waals surface area (Å²) in [6.45, 7) is 6.64. The SMILES string of the molecule is Cc1cc(C(=O)NCC(C)C)ccc1NC(=O)[C@@H](Sc1ccccc1)c1ccccc1. The number of aryl methyl sites for hydroxylation is 1. The summed E-state index contributed by atoms with van der Waals surface area (Å²) in [4.78, 5) is 26.6. The van der Waals surface area contributed by atoms with Crippen LogP contribution in [0.4, 0.5) is 5.69 Å². The molecule has 0 aliphatic rings. The van der Waals surface area contributed by atoms with Gasteiger partial charge in [-0.15, -0.1) is 11.8 Å². The monoisotopic (exact) mass is 432 g/mol. The Kier molecular flexibility index (Phi) is 7.90. The summed E-state index contributed by atoms with van der Waals surface area (Å²) < 4.78 is 0. The molecule has 160 valence electrons. The predicted octanol–water partition coefficient (Wildman–Crippen LogP) is 5.85. The van der Waals surface area contributed by atoms with Gasteiger partial charge in [-0.3, -0.25) is 9.59 Å². The Hall–Kier alpha value is -3.05. The number of nitrogens with one attached hydrogen (secondary N) is 2. The molecule has 0 unspecified atom stereocenters. The minimum Gasteiger partial charge on any atom is -0.352 e. The van der Waals surface area contributed by atoms with E-state index >= 15 is 0 Å². The number of benzene rings is 3. The molecule has 0 aliphatic carbocycles. The van der Waals surface area contributed by atoms with Gasteiger partial charge in [-0.25, -0.2) is 0 Å². The summed E-state index contributed by atoms with van der Waals surface area (Å²) >= 11 is 1.52. The van der Waals surface area contributed by atoms with Crippen molar-refractivity contribution >= 4 is 29.3 Å². The quantitative estimate of drug-likeness (QED) is 0.439. The number of hydrogen-bond acceptors (Lipinski definition) is 3. The van der Waals surface area contributed by atoms with Crippen molar-refractivity contribution in [3.8, 4) is 0 Å². The maximum Gasteiger partial charge on any atom is 0.251 e. The van der Waals surface area contributed by atoms with Crippen LogP contribution < -0.4 is 10.6 Å². The van der Waals surface area contributed by atoms with Gasteiger partial charge in [0, 0.05) is 22.7 Å². The first kappa shape index (κ1) is 22.6. The second kappa shape index (κ2) is 10.8. The smallest absolute Gasteiger partial charge is 0.251 e. The van der Waals surface area contributed by atoms with Crippen LogP contribution in [0.1, 0.15) is 40.6 Å². The first-order chi connectivity index (χ1) is 14.9. The lowest BCUT2D eigenvalue weighted by Crippen LogP contribution is -2.27. The minimum atomic E-state index is -0.392. The van der Waals surface area contributed by atoms with Crippen molar-refractivity contribution in [2.24, 2.45) is 5.92 Å². The second-order valence-corrected chi connectivity index (χ2v) is 9.02. The van der Waals surface area contributed by atoms with E-state index < -0.39 is 5.25 Å². The van der Waals surface area contributed by atoms with Crippen LogP contribution in [0.3, 0.4) is 0 Å². The van der Waals surface area contributed by atoms with Crippen molar-refractivity contribution in [1.82, 2.24) is 5.32 Å². The van der Waals surface area contributed by atoms with Crippen LogP contribution in [-0.2, 0) is 4.79 Å². The van der Waals surface area contributed by atoms with E-state index in [9.17, 15) is 9.59 Å². The molecule has 0 aromatic heterocycles. The molecule has 3 aromatic rings. The molecule has 4 nitrogen and oxygen atoms in total. The molecule has 3 rings (SSSR count). The van der Waals surface area contributed by atoms with Crippen molar-refractivity contribution < 1.29 is 9.59 Å². The summed E-state index contributed by atoms with van der Waals surface area (Å²) in [7, 11) is 0. The van der Waals surface area contributed by atoms with E-state index in [0.717, 1.165) is 16.0 Å². The third-order valence-corrected chi connectivity index (χ3v) is 6.02. The lowest BCUT2D eigenvalue weighted by Gasteiger charge is -2.18. The van der Waals surface area contributed by atoms with Gasteiger partial charge >= 0.3 is 0 Å². The number of amides is 2. The number of anilines is 1. The summed E-state index contributed by atoms with van der Waals surface area (Å²) in [6, 6.07) is 25.0. The van der Waals surface area contributed by atoms with Gasteiger partial charge < -0.3 is 10.6 Å². The summed E-state index contributed by atoms with van der Waals surface area (Å²) in [5.74, 6) is 0.192. The second-order valence-electron chi connectivity index (χ2n) is 7.84. The van der Waals surface area contributed by atoms with Crippen LogP contribution >= 0.6 is 11.8 Å². The average Bonchev–Trinajstić information content (AvgIpc) is 2.78. The molecule has 0 saturated heterocycles. The molecule has 0 aliphatic heterocycles. The van der Waals surface area contributed by atoms with Crippen LogP contribution in [0.2, 0.25) is 0 Å². The first-order valence-electron chi connectivity index (χ1n) is 10.4. The zero-order valence-corrected chi connectivity index (χ0v) is 18.9. The van der Waals surface area contributed by atoms with Gasteiger partial charge in [-0.05, 0) is 54.3 Å². The van der Waals surface area contributed by atoms with Crippen LogP contribution in [0.15, 0.2) is 83.8 Å². The summed E-state index contributed by atoms with van der Waals surface area (Å²) in [5.41, 5.74) is 3.09. The Morgan fingerprint density at radius 1 is 0.903 bits per heavy atom. The van der Waals surface area contributed by atoms with Crippen molar-refractivity contribution in [2.75, 3.05) is 11.9 Å². The molecule has 2 amide bonds. The number of rotatable bonds is 8. The number of carbonyl (C=O) groups is 2. The molecule has 2 N–H and O–H groups in total. The molecule has 0 radical (unpaired) electrons. The van der Waals surface area contributed by atoms with Gasteiger partial charge in [-0.2, -0.15) is 0 Å². The van der Waals surface area contributed by atoms with E-state index in [0.29, 0.717) is 23.7 Å². The largest absolute Gasteiger partial charge is 0.352 e. The van der Waals surface area contributed by atoms with Crippen molar-refractivity contribution in [3.05, 3.63) is 95.6 Å². The third-order valence-electron chi connectivity index (χ3n) is 4.75. The topological polar surface area (TPSA) is 58.2 Å². The molecule has 0 heterocycles. The lowest BCUT2D eigenvalue weighted by atomic mass is 10.1. The Morgan fingerprint density at radius 3 is 2.16 bits per heavy atom. The number of thioether (sulfide) groups is 1. The number of carbonyl (C=O) groups excluding carboxylic acids is 2. The first-order valence-corrected chi connectivity index (χ1v) is 11.3. The van der Waals surface area contributed by atoms with Crippen molar-refractivity contribution in [1.29, 1.82) is 0 Å². The molecule has 31 heavy (non-hydrogen) atoms. The zero-order chi connectivity index (χ0) is 22.2. The van der Waals surface area contributed by atoms with E-state index in [1.165, 1.54) is 11.8 Å². The fourth-order valence-electron chi connectivity index (χ4n) is 3.08. The van der Waals surface area contributed by atoms with Crippen molar-refractivity contribution in [2.45, 2.75) is 30.9 Å². The highest BCUT2D eigenvalue weighted by Crippen LogP contribution is 2.36. The van der Waals surface area contributed by atoms with Crippen LogP contribution in [0.25, 0.3) is 0 Å². The van der Waals surface area contributed by atoms with Crippen molar-refractivity contribution in [3.63, 3.8) is 0 Å². The molecule has 3 aromatic carbocycles. The standard InChI is InChI=1S/C26H28N2O2S/c1-18(2)17-27-25(29)21-14-15-23(19(3)16-21)28-26(30)24(20-10-6-4-7-11-20)31-22-12-8-5-9-13-22/h4-16,18,24H,17H2,1-3H3,(H,27,29)(H,28,30)/t24-/m0/s1. The summed E-state index contributed by atoms with van der Waals surface area (Å²) in [6.07, 6.45) is 0. The molecule has 0 saturated carbocycles. The maximum absolute atomic E-state index is 13.3. The van der Waals surface area contributed by atoms with Gasteiger partial charge in [-0.1, -0.05) is 62.4 Å². The fourth-order valence-corrected chi connectivity index (χ4v) is 4.12. The Labute approximate surface area is 188 Å². The van der Waals surface area contributed by atoms with Gasteiger partial charge in [0.1, 0.15) is 5.25 Å². The van der Waals surface area contributed by atoms with E-state index in [4.69, 9.17) is 0 Å². The van der Waals surface area contributed by atoms with E-state index in [2.05, 4.69) is 24.5 Å². The molecular formula is C26H28N2O2S. The Bertz CT molecular complexity index is 1020. The van der Waals surface area contributed by atoms with Gasteiger partial charge in [0.15, 0.2) is 0 Å². The Balaban J connectivity index is 1.77. The molecule has 0 bridgehead atoms. The molecule has 0 fully saturated rings. The van der Waals surface area contributed by atoms with Gasteiger partial charge in [0.2, 0.25) is 5.91 Å². The lowest BCUT2D eigenvalue weighted by molar-refractivity contribution is -0.115. The zero-order valence-electron chi connectivity index (χ0n) is 18.1. The van der Waals surface area contributed by atoms with Gasteiger partial charge in [0.05, 0.1) is 0 Å². The van der Waals surface area contributed by atoms with E-state index in [1.807, 2.05) is 73.7 Å². The van der Waals surface area contributed by atoms with Crippen LogP contribution in [0, 0.1) is 12.8 Å². The highest BCUT2D eigenvalue weighted by molar-refractivity contribution is 8.00. The number of hydrogen-bond donors (Lipinski definition) is 2. The maximum atomic E-state index is 13.3. The molecule has 0 spiro atoms. The minimum absolute atomic E-state index is 0.0971. The predicted molar refractivity (Wildman–Crippen MR) is 128 cm³/mol. The molecule has 5 heteroatoms. The molecule has 1 atom stereocenters. The van der Waals surface area contributed by atoms with Crippen LogP contribution in [0.5, 0.6) is 0 Å². The normalized spacial score (nSPS) is 11.7. The highest BCUT2D eigenvalue weighted by Gasteiger charge is 2.22. The van der Waals surface area contributed by atoms with E-state index in [-0.39, 0.29) is 11.8 Å². The fraction of sp³-hybridized carbons (Fsp3) is 0.231. The Morgan fingerprint density at radius 2 is 1.55 bits per heavy atom. The van der Waals surface area contributed by atoms with Crippen LogP contribution in [-0.4, -0.2) is 18.4 Å². The van der Waals surface area contributed by atoms with Gasteiger partial charge in [0.25, 0.3) is 5.91 Å². The van der Waals surface area contributed by atoms with E-state index in [1.54, 1.807) is 12.1 Å².